The minimum absolute atomic E-state index is 0.00129. The van der Waals surface area contributed by atoms with Crippen LogP contribution in [-0.2, 0) is 20.6 Å². The van der Waals surface area contributed by atoms with Crippen LogP contribution in [0.25, 0.3) is 0 Å². The van der Waals surface area contributed by atoms with E-state index in [9.17, 15) is 9.90 Å². The molecule has 1 N–H and O–H groups in total. The van der Waals surface area contributed by atoms with E-state index in [-0.39, 0.29) is 46.4 Å². The molecule has 0 aliphatic heterocycles. The molecule has 220 valence electrons. The summed E-state index contributed by atoms with van der Waals surface area (Å²) in [5, 5.41) is 11.6. The van der Waals surface area contributed by atoms with Crippen molar-refractivity contribution in [2.24, 2.45) is 29.6 Å². The fourth-order valence-corrected chi connectivity index (χ4v) is 6.53. The molecular formula is C33H54O5Si. The molecular weight excluding hydrogens is 504 g/mol. The predicted molar refractivity (Wildman–Crippen MR) is 164 cm³/mol. The molecule has 6 heteroatoms. The van der Waals surface area contributed by atoms with Crippen molar-refractivity contribution < 1.29 is 23.8 Å². The molecule has 1 aliphatic rings. The van der Waals surface area contributed by atoms with Gasteiger partial charge in [-0.2, -0.15) is 0 Å². The summed E-state index contributed by atoms with van der Waals surface area (Å²) in [5.41, 5.74) is 2.71. The lowest BCUT2D eigenvalue weighted by Crippen LogP contribution is -2.53. The first-order chi connectivity index (χ1) is 18.0. The Morgan fingerprint density at radius 3 is 2.21 bits per heavy atom. The number of hydrogen-bond acceptors (Lipinski definition) is 5. The van der Waals surface area contributed by atoms with Crippen molar-refractivity contribution in [2.45, 2.75) is 99.6 Å². The normalized spacial score (nSPS) is 25.2. The van der Waals surface area contributed by atoms with E-state index in [1.807, 2.05) is 38.1 Å². The second kappa shape index (κ2) is 13.6. The maximum absolute atomic E-state index is 14.0. The summed E-state index contributed by atoms with van der Waals surface area (Å²) in [6.45, 7) is 24.5. The molecule has 0 unspecified atom stereocenters. The van der Waals surface area contributed by atoms with E-state index in [0.29, 0.717) is 24.7 Å². The molecule has 0 radical (unpaired) electrons. The van der Waals surface area contributed by atoms with Crippen LogP contribution in [0.5, 0.6) is 5.75 Å². The number of Topliss-reactive ketones (excluding diaryl/α,β-unsaturated/α-hetero) is 1. The number of aliphatic hydroxyl groups is 1. The van der Waals surface area contributed by atoms with Crippen LogP contribution in [0.15, 0.2) is 47.2 Å². The Kier molecular flexibility index (Phi) is 11.7. The average molecular weight is 559 g/mol. The van der Waals surface area contributed by atoms with E-state index in [0.717, 1.165) is 23.3 Å². The first-order valence-electron chi connectivity index (χ1n) is 14.5. The highest BCUT2D eigenvalue weighted by molar-refractivity contribution is 6.74. The number of methoxy groups -OCH3 is 1. The lowest BCUT2D eigenvalue weighted by Gasteiger charge is -2.47. The maximum atomic E-state index is 14.0. The van der Waals surface area contributed by atoms with Gasteiger partial charge in [-0.05, 0) is 61.0 Å². The van der Waals surface area contributed by atoms with E-state index < -0.39 is 8.32 Å². The smallest absolute Gasteiger partial charge is 0.192 e. The van der Waals surface area contributed by atoms with Crippen molar-refractivity contribution in [1.29, 1.82) is 0 Å². The Morgan fingerprint density at radius 1 is 1.10 bits per heavy atom. The molecule has 39 heavy (non-hydrogen) atoms. The Bertz CT molecular complexity index is 1020. The molecule has 1 fully saturated rings. The second-order valence-electron chi connectivity index (χ2n) is 13.5. The second-order valence-corrected chi connectivity index (χ2v) is 18.2. The summed E-state index contributed by atoms with van der Waals surface area (Å²) in [4.78, 5) is 14.0. The van der Waals surface area contributed by atoms with Crippen LogP contribution in [0.3, 0.4) is 0 Å². The Morgan fingerprint density at radius 2 is 1.69 bits per heavy atom. The van der Waals surface area contributed by atoms with Crippen LogP contribution in [0.1, 0.15) is 74.3 Å². The minimum Gasteiger partial charge on any atom is -0.512 e. The number of ether oxygens (including phenoxy) is 2. The molecule has 0 spiro atoms. The molecule has 0 amide bonds. The van der Waals surface area contributed by atoms with Gasteiger partial charge >= 0.3 is 0 Å². The summed E-state index contributed by atoms with van der Waals surface area (Å²) >= 11 is 0. The van der Waals surface area contributed by atoms with Crippen LogP contribution < -0.4 is 4.74 Å². The zero-order valence-corrected chi connectivity index (χ0v) is 27.6. The molecule has 2 rings (SSSR count). The average Bonchev–Trinajstić information content (AvgIpc) is 2.86. The van der Waals surface area contributed by atoms with Crippen LogP contribution in [0.4, 0.5) is 0 Å². The molecule has 0 aromatic heterocycles. The fraction of sp³-hybridized carbons (Fsp3) is 0.667. The molecule has 0 bridgehead atoms. The van der Waals surface area contributed by atoms with Gasteiger partial charge in [-0.15, -0.1) is 0 Å². The highest BCUT2D eigenvalue weighted by atomic mass is 28.4. The quantitative estimate of drug-likeness (QED) is 0.128. The molecule has 1 saturated carbocycles. The molecule has 1 aromatic rings. The van der Waals surface area contributed by atoms with E-state index >= 15 is 0 Å². The van der Waals surface area contributed by atoms with Crippen molar-refractivity contribution in [3.63, 3.8) is 0 Å². The van der Waals surface area contributed by atoms with Crippen molar-refractivity contribution in [2.75, 3.05) is 13.7 Å². The van der Waals surface area contributed by atoms with E-state index in [1.54, 1.807) is 7.11 Å². The summed E-state index contributed by atoms with van der Waals surface area (Å²) in [6.07, 6.45) is 2.99. The highest BCUT2D eigenvalue weighted by Gasteiger charge is 2.50. The summed E-state index contributed by atoms with van der Waals surface area (Å²) in [7, 11) is -0.466. The zero-order valence-electron chi connectivity index (χ0n) is 26.6. The van der Waals surface area contributed by atoms with Crippen molar-refractivity contribution in [3.05, 3.63) is 52.8 Å². The number of rotatable bonds is 11. The number of carbonyl (C=O) groups is 1. The molecule has 1 aliphatic carbocycles. The number of aliphatic hydroxyl groups excluding tert-OH is 1. The Balaban J connectivity index is 2.38. The van der Waals surface area contributed by atoms with Gasteiger partial charge in [0.1, 0.15) is 11.5 Å². The highest BCUT2D eigenvalue weighted by Crippen LogP contribution is 2.46. The first-order valence-corrected chi connectivity index (χ1v) is 17.4. The Hall–Kier alpha value is -1.89. The number of allylic oxidation sites excluding steroid dienone is 3. The SMILES string of the molecule is COc1ccc(COC[C@H](C)/C(O)=C2\C(=O)[C@@H](C)[C@H](O[Si](C)(C)C(C)(C)C)[C@@H](C)[C@H]2/C(C)=C\CC(C)C)cc1. The van der Waals surface area contributed by atoms with Gasteiger partial charge in [-0.3, -0.25) is 4.79 Å². The molecule has 1 aromatic carbocycles. The predicted octanol–water partition coefficient (Wildman–Crippen LogP) is 8.51. The number of carbonyl (C=O) groups excluding carboxylic acids is 1. The van der Waals surface area contributed by atoms with Gasteiger partial charge in [0.05, 0.1) is 26.4 Å². The van der Waals surface area contributed by atoms with Gasteiger partial charge in [-0.1, -0.05) is 79.2 Å². The first kappa shape index (κ1) is 33.3. The maximum Gasteiger partial charge on any atom is 0.192 e. The third-order valence-electron chi connectivity index (χ3n) is 8.70. The lowest BCUT2D eigenvalue weighted by molar-refractivity contribution is -0.127. The number of ketones is 1. The van der Waals surface area contributed by atoms with Crippen LogP contribution >= 0.6 is 0 Å². The molecule has 0 saturated heterocycles. The van der Waals surface area contributed by atoms with Gasteiger partial charge in [-0.25, -0.2) is 0 Å². The van der Waals surface area contributed by atoms with Gasteiger partial charge in [0, 0.05) is 23.3 Å². The van der Waals surface area contributed by atoms with Crippen molar-refractivity contribution in [3.8, 4) is 5.75 Å². The molecule has 0 heterocycles. The topological polar surface area (TPSA) is 65.0 Å². The van der Waals surface area contributed by atoms with Crippen LogP contribution in [0, 0.1) is 29.6 Å². The lowest BCUT2D eigenvalue weighted by atomic mass is 9.66. The van der Waals surface area contributed by atoms with Crippen LogP contribution in [-0.4, -0.2) is 39.0 Å². The molecule has 5 atom stereocenters. The fourth-order valence-electron chi connectivity index (χ4n) is 5.08. The standard InChI is InChI=1S/C33H54O5Si/c1-21(2)13-14-22(3)28-24(5)32(38-39(11,12)33(7,8)9)25(6)31(35)29(28)30(34)23(4)19-37-20-26-15-17-27(36-10)18-16-26/h14-18,21,23-25,28,32,34H,13,19-20H2,1-12H3/b22-14-,30-29+/t23-,24-,25+,28+,32+/m0/s1. The summed E-state index contributed by atoms with van der Waals surface area (Å²) in [5.74, 6) is 0.703. The van der Waals surface area contributed by atoms with Crippen molar-refractivity contribution in [1.82, 2.24) is 0 Å². The third-order valence-corrected chi connectivity index (χ3v) is 13.2. The Labute approximate surface area is 239 Å². The minimum atomic E-state index is -2.11. The third kappa shape index (κ3) is 8.31. The van der Waals surface area contributed by atoms with E-state index in [1.165, 1.54) is 0 Å². The monoisotopic (exact) mass is 558 g/mol. The number of hydrogen-bond donors (Lipinski definition) is 1. The van der Waals surface area contributed by atoms with Gasteiger partial charge < -0.3 is 19.0 Å². The molecule has 5 nitrogen and oxygen atoms in total. The number of benzene rings is 1. The van der Waals surface area contributed by atoms with Gasteiger partial charge in [0.15, 0.2) is 14.1 Å². The van der Waals surface area contributed by atoms with Gasteiger partial charge in [0.25, 0.3) is 0 Å². The van der Waals surface area contributed by atoms with Crippen molar-refractivity contribution >= 4 is 14.1 Å². The zero-order chi connectivity index (χ0) is 29.7. The van der Waals surface area contributed by atoms with E-state index in [4.69, 9.17) is 13.9 Å². The van der Waals surface area contributed by atoms with Gasteiger partial charge in [0.2, 0.25) is 0 Å². The van der Waals surface area contributed by atoms with Crippen LogP contribution in [0.2, 0.25) is 18.1 Å². The largest absolute Gasteiger partial charge is 0.512 e. The van der Waals surface area contributed by atoms with E-state index in [2.05, 4.69) is 67.6 Å². The summed E-state index contributed by atoms with van der Waals surface area (Å²) in [6, 6.07) is 7.75. The summed E-state index contributed by atoms with van der Waals surface area (Å²) < 4.78 is 18.1.